The molecule has 0 radical (unpaired) electrons. The van der Waals surface area contributed by atoms with Crippen LogP contribution in [0.3, 0.4) is 0 Å². The van der Waals surface area contributed by atoms with Gasteiger partial charge in [0.25, 0.3) is 0 Å². The molecule has 1 N–H and O–H groups in total. The highest BCUT2D eigenvalue weighted by Gasteiger charge is 2.08. The fraction of sp³-hybridized carbons (Fsp3) is 0.750. The number of aromatic nitrogens is 2. The number of ether oxygens (including phenoxy) is 1. The van der Waals surface area contributed by atoms with Gasteiger partial charge in [0.15, 0.2) is 0 Å². The van der Waals surface area contributed by atoms with Crippen molar-refractivity contribution < 1.29 is 9.84 Å². The number of hydrogen-bond donors (Lipinski definition) is 1. The fourth-order valence-electron chi connectivity index (χ4n) is 1.58. The highest BCUT2D eigenvalue weighted by molar-refractivity contribution is 5.01. The van der Waals surface area contributed by atoms with E-state index in [4.69, 9.17) is 4.74 Å². The Balaban J connectivity index is 2.34. The Kier molecular flexibility index (Phi) is 5.49. The topological polar surface area (TPSA) is 47.3 Å². The summed E-state index contributed by atoms with van der Waals surface area (Å²) in [5, 5.41) is 14.2. The SMILES string of the molecule is COCCCC(O)Cc1ccn(C(C)C)n1. The molecule has 1 aromatic heterocycles. The molecule has 4 heteroatoms. The van der Waals surface area contributed by atoms with Gasteiger partial charge in [0.1, 0.15) is 0 Å². The molecule has 16 heavy (non-hydrogen) atoms. The van der Waals surface area contributed by atoms with E-state index in [-0.39, 0.29) is 6.10 Å². The predicted molar refractivity (Wildman–Crippen MR) is 63.4 cm³/mol. The highest BCUT2D eigenvalue weighted by Crippen LogP contribution is 2.08. The molecule has 0 fully saturated rings. The maximum absolute atomic E-state index is 9.77. The van der Waals surface area contributed by atoms with Crippen LogP contribution in [0.2, 0.25) is 0 Å². The van der Waals surface area contributed by atoms with Crippen LogP contribution in [-0.4, -0.2) is 34.7 Å². The van der Waals surface area contributed by atoms with E-state index in [2.05, 4.69) is 18.9 Å². The van der Waals surface area contributed by atoms with E-state index in [1.54, 1.807) is 7.11 Å². The van der Waals surface area contributed by atoms with Crippen LogP contribution in [-0.2, 0) is 11.2 Å². The van der Waals surface area contributed by atoms with Gasteiger partial charge in [0.05, 0.1) is 11.8 Å². The largest absolute Gasteiger partial charge is 0.393 e. The standard InChI is InChI=1S/C12H22N2O2/c1-10(2)14-7-6-11(13-14)9-12(15)5-4-8-16-3/h6-7,10,12,15H,4-5,8-9H2,1-3H3. The molecule has 0 bridgehead atoms. The summed E-state index contributed by atoms with van der Waals surface area (Å²) in [5.41, 5.74) is 0.957. The van der Waals surface area contributed by atoms with Gasteiger partial charge in [-0.15, -0.1) is 0 Å². The Hall–Kier alpha value is -0.870. The number of aliphatic hydroxyl groups excluding tert-OH is 1. The molecule has 0 amide bonds. The first-order chi connectivity index (χ1) is 7.63. The zero-order valence-corrected chi connectivity index (χ0v) is 10.4. The summed E-state index contributed by atoms with van der Waals surface area (Å²) in [5.74, 6) is 0. The quantitative estimate of drug-likeness (QED) is 0.721. The zero-order valence-electron chi connectivity index (χ0n) is 10.4. The summed E-state index contributed by atoms with van der Waals surface area (Å²) >= 11 is 0. The Bertz CT molecular complexity index is 297. The molecule has 0 saturated carbocycles. The third kappa shape index (κ3) is 4.33. The third-order valence-electron chi connectivity index (χ3n) is 2.52. The van der Waals surface area contributed by atoms with Crippen molar-refractivity contribution in [3.63, 3.8) is 0 Å². The van der Waals surface area contributed by atoms with Crippen LogP contribution in [0, 0.1) is 0 Å². The second kappa shape index (κ2) is 6.66. The molecule has 0 aliphatic carbocycles. The molecule has 1 aromatic rings. The maximum atomic E-state index is 9.77. The van der Waals surface area contributed by atoms with E-state index < -0.39 is 0 Å². The first-order valence-electron chi connectivity index (χ1n) is 5.84. The summed E-state index contributed by atoms with van der Waals surface area (Å²) in [6.45, 7) is 4.88. The minimum Gasteiger partial charge on any atom is -0.393 e. The van der Waals surface area contributed by atoms with Crippen LogP contribution in [0.25, 0.3) is 0 Å². The normalized spacial score (nSPS) is 13.3. The molecule has 1 atom stereocenters. The minimum absolute atomic E-state index is 0.314. The Morgan fingerprint density at radius 2 is 2.25 bits per heavy atom. The minimum atomic E-state index is -0.314. The molecule has 0 aliphatic heterocycles. The molecule has 1 rings (SSSR count). The molecule has 0 aliphatic rings. The van der Waals surface area contributed by atoms with E-state index in [0.29, 0.717) is 19.1 Å². The first kappa shape index (κ1) is 13.2. The number of methoxy groups -OCH3 is 1. The van der Waals surface area contributed by atoms with Crippen molar-refractivity contribution >= 4 is 0 Å². The fourth-order valence-corrected chi connectivity index (χ4v) is 1.58. The number of aliphatic hydroxyl groups is 1. The summed E-state index contributed by atoms with van der Waals surface area (Å²) in [7, 11) is 1.68. The van der Waals surface area contributed by atoms with Crippen molar-refractivity contribution in [3.05, 3.63) is 18.0 Å². The van der Waals surface area contributed by atoms with Gasteiger partial charge in [0, 0.05) is 32.4 Å². The number of rotatable bonds is 7. The lowest BCUT2D eigenvalue weighted by Crippen LogP contribution is -2.12. The van der Waals surface area contributed by atoms with Gasteiger partial charge in [-0.2, -0.15) is 5.10 Å². The van der Waals surface area contributed by atoms with Gasteiger partial charge in [-0.1, -0.05) is 0 Å². The van der Waals surface area contributed by atoms with E-state index in [0.717, 1.165) is 18.5 Å². The van der Waals surface area contributed by atoms with Gasteiger partial charge in [-0.3, -0.25) is 4.68 Å². The molecule has 0 saturated heterocycles. The molecule has 4 nitrogen and oxygen atoms in total. The van der Waals surface area contributed by atoms with Crippen LogP contribution in [0.1, 0.15) is 38.4 Å². The third-order valence-corrected chi connectivity index (χ3v) is 2.52. The van der Waals surface area contributed by atoms with Crippen LogP contribution in [0.15, 0.2) is 12.3 Å². The summed E-state index contributed by atoms with van der Waals surface area (Å²) in [4.78, 5) is 0. The Labute approximate surface area is 97.2 Å². The molecule has 1 heterocycles. The van der Waals surface area contributed by atoms with Crippen molar-refractivity contribution in [2.45, 2.75) is 45.3 Å². The van der Waals surface area contributed by atoms with Gasteiger partial charge in [-0.05, 0) is 32.8 Å². The molecule has 0 aromatic carbocycles. The van der Waals surface area contributed by atoms with Crippen molar-refractivity contribution in [3.8, 4) is 0 Å². The van der Waals surface area contributed by atoms with Gasteiger partial charge in [-0.25, -0.2) is 0 Å². The zero-order chi connectivity index (χ0) is 12.0. The average Bonchev–Trinajstić information content (AvgIpc) is 2.66. The first-order valence-corrected chi connectivity index (χ1v) is 5.84. The lowest BCUT2D eigenvalue weighted by Gasteiger charge is -2.08. The second-order valence-electron chi connectivity index (χ2n) is 4.37. The Morgan fingerprint density at radius 1 is 1.50 bits per heavy atom. The van der Waals surface area contributed by atoms with Crippen LogP contribution >= 0.6 is 0 Å². The van der Waals surface area contributed by atoms with Gasteiger partial charge in [0.2, 0.25) is 0 Å². The van der Waals surface area contributed by atoms with E-state index in [1.165, 1.54) is 0 Å². The van der Waals surface area contributed by atoms with Crippen molar-refractivity contribution in [1.29, 1.82) is 0 Å². The van der Waals surface area contributed by atoms with E-state index >= 15 is 0 Å². The summed E-state index contributed by atoms with van der Waals surface area (Å²) in [6.07, 6.45) is 3.93. The molecular formula is C12H22N2O2. The average molecular weight is 226 g/mol. The van der Waals surface area contributed by atoms with Gasteiger partial charge < -0.3 is 9.84 Å². The predicted octanol–water partition coefficient (Wildman–Crippen LogP) is 1.79. The maximum Gasteiger partial charge on any atom is 0.0650 e. The monoisotopic (exact) mass is 226 g/mol. The van der Waals surface area contributed by atoms with Crippen molar-refractivity contribution in [2.24, 2.45) is 0 Å². The highest BCUT2D eigenvalue weighted by atomic mass is 16.5. The summed E-state index contributed by atoms with van der Waals surface area (Å²) < 4.78 is 6.86. The molecule has 1 unspecified atom stereocenters. The number of nitrogens with zero attached hydrogens (tertiary/aromatic N) is 2. The molecule has 92 valence electrons. The van der Waals surface area contributed by atoms with Crippen LogP contribution < -0.4 is 0 Å². The van der Waals surface area contributed by atoms with Crippen molar-refractivity contribution in [2.75, 3.05) is 13.7 Å². The molecular weight excluding hydrogens is 204 g/mol. The van der Waals surface area contributed by atoms with E-state index in [9.17, 15) is 5.11 Å². The van der Waals surface area contributed by atoms with Gasteiger partial charge >= 0.3 is 0 Å². The lowest BCUT2D eigenvalue weighted by molar-refractivity contribution is 0.134. The second-order valence-corrected chi connectivity index (χ2v) is 4.37. The van der Waals surface area contributed by atoms with Crippen LogP contribution in [0.4, 0.5) is 0 Å². The Morgan fingerprint density at radius 3 is 2.81 bits per heavy atom. The van der Waals surface area contributed by atoms with Crippen LogP contribution in [0.5, 0.6) is 0 Å². The number of hydrogen-bond acceptors (Lipinski definition) is 3. The van der Waals surface area contributed by atoms with Crippen molar-refractivity contribution in [1.82, 2.24) is 9.78 Å². The molecule has 0 spiro atoms. The van der Waals surface area contributed by atoms with E-state index in [1.807, 2.05) is 16.9 Å². The smallest absolute Gasteiger partial charge is 0.0650 e. The summed E-state index contributed by atoms with van der Waals surface area (Å²) in [6, 6.07) is 2.35. The lowest BCUT2D eigenvalue weighted by atomic mass is 10.1.